The summed E-state index contributed by atoms with van der Waals surface area (Å²) in [4.78, 5) is 2.55. The highest BCUT2D eigenvalue weighted by atomic mass is 35.5. The van der Waals surface area contributed by atoms with E-state index >= 15 is 0 Å². The molecule has 3 nitrogen and oxygen atoms in total. The summed E-state index contributed by atoms with van der Waals surface area (Å²) < 4.78 is 5.16. The van der Waals surface area contributed by atoms with Crippen LogP contribution in [0.3, 0.4) is 0 Å². The van der Waals surface area contributed by atoms with Gasteiger partial charge in [0.25, 0.3) is 0 Å². The summed E-state index contributed by atoms with van der Waals surface area (Å²) in [5.41, 5.74) is 1.20. The normalized spacial score (nSPS) is 19.8. The maximum absolute atomic E-state index is 6.12. The van der Waals surface area contributed by atoms with Crippen molar-refractivity contribution in [2.24, 2.45) is 0 Å². The quantitative estimate of drug-likeness (QED) is 0.868. The van der Waals surface area contributed by atoms with Crippen LogP contribution in [0.15, 0.2) is 18.2 Å². The van der Waals surface area contributed by atoms with Crippen molar-refractivity contribution in [2.45, 2.75) is 32.4 Å². The summed E-state index contributed by atoms with van der Waals surface area (Å²) in [6.07, 6.45) is 2.64. The molecule has 0 spiro atoms. The Morgan fingerprint density at radius 1 is 1.47 bits per heavy atom. The van der Waals surface area contributed by atoms with Crippen molar-refractivity contribution in [3.63, 3.8) is 0 Å². The third-order valence-electron chi connectivity index (χ3n) is 3.83. The highest BCUT2D eigenvalue weighted by Crippen LogP contribution is 2.24. The minimum absolute atomic E-state index is 0.679. The Balaban J connectivity index is 1.81. The van der Waals surface area contributed by atoms with Crippen LogP contribution in [0.25, 0.3) is 0 Å². The lowest BCUT2D eigenvalue weighted by molar-refractivity contribution is 0.260. The maximum Gasteiger partial charge on any atom is 0.137 e. The number of likely N-dealkylation sites (N-methyl/N-ethyl adjacent to an activating group) is 1. The summed E-state index contributed by atoms with van der Waals surface area (Å²) in [5.74, 6) is 0.735. The summed E-state index contributed by atoms with van der Waals surface area (Å²) in [6.45, 7) is 6.55. The van der Waals surface area contributed by atoms with Crippen LogP contribution >= 0.6 is 11.6 Å². The van der Waals surface area contributed by atoms with Crippen LogP contribution in [-0.4, -0.2) is 37.7 Å². The van der Waals surface area contributed by atoms with E-state index in [2.05, 4.69) is 23.2 Å². The molecule has 1 heterocycles. The van der Waals surface area contributed by atoms with E-state index in [4.69, 9.17) is 16.3 Å². The number of nitrogens with zero attached hydrogens (tertiary/aromatic N) is 1. The zero-order chi connectivity index (χ0) is 13.7. The molecule has 0 aromatic heterocycles. The van der Waals surface area contributed by atoms with Crippen LogP contribution in [-0.2, 0) is 6.54 Å². The zero-order valence-corrected chi connectivity index (χ0v) is 12.5. The van der Waals surface area contributed by atoms with E-state index in [1.165, 1.54) is 24.9 Å². The monoisotopic (exact) mass is 282 g/mol. The van der Waals surface area contributed by atoms with Crippen LogP contribution in [0, 0.1) is 0 Å². The highest BCUT2D eigenvalue weighted by Gasteiger charge is 2.21. The Labute approximate surface area is 120 Å². The third-order valence-corrected chi connectivity index (χ3v) is 4.13. The molecule has 19 heavy (non-hydrogen) atoms. The predicted octanol–water partition coefficient (Wildman–Crippen LogP) is 2.92. The zero-order valence-electron chi connectivity index (χ0n) is 11.8. The van der Waals surface area contributed by atoms with Gasteiger partial charge in [-0.1, -0.05) is 24.6 Å². The van der Waals surface area contributed by atoms with Crippen LogP contribution in [0.2, 0.25) is 5.02 Å². The lowest BCUT2D eigenvalue weighted by Gasteiger charge is -2.23. The molecule has 0 bridgehead atoms. The fraction of sp³-hybridized carbons (Fsp3) is 0.600. The van der Waals surface area contributed by atoms with Crippen molar-refractivity contribution >= 4 is 11.6 Å². The molecule has 0 radical (unpaired) electrons. The SMILES string of the molecule is CCN1CCCC1CNCc1ccc(OC)c(Cl)c1. The molecule has 106 valence electrons. The van der Waals surface area contributed by atoms with Crippen molar-refractivity contribution in [3.05, 3.63) is 28.8 Å². The molecule has 1 aliphatic heterocycles. The Morgan fingerprint density at radius 3 is 3.00 bits per heavy atom. The fourth-order valence-corrected chi connectivity index (χ4v) is 3.03. The molecule has 4 heteroatoms. The molecule has 1 fully saturated rings. The van der Waals surface area contributed by atoms with Gasteiger partial charge in [0.2, 0.25) is 0 Å². The molecule has 1 N–H and O–H groups in total. The summed E-state index contributed by atoms with van der Waals surface area (Å²) in [6, 6.07) is 6.65. The van der Waals surface area contributed by atoms with E-state index in [0.717, 1.165) is 25.4 Å². The van der Waals surface area contributed by atoms with E-state index in [1.807, 2.05) is 12.1 Å². The van der Waals surface area contributed by atoms with Gasteiger partial charge < -0.3 is 10.1 Å². The Kier molecular flexibility index (Phi) is 5.49. The van der Waals surface area contributed by atoms with E-state index in [-0.39, 0.29) is 0 Å². The molecule has 0 amide bonds. The molecule has 1 aromatic rings. The van der Waals surface area contributed by atoms with E-state index in [0.29, 0.717) is 11.1 Å². The van der Waals surface area contributed by atoms with Gasteiger partial charge in [0, 0.05) is 19.1 Å². The molecule has 0 saturated carbocycles. The summed E-state index contributed by atoms with van der Waals surface area (Å²) >= 11 is 6.12. The van der Waals surface area contributed by atoms with Crippen LogP contribution in [0.1, 0.15) is 25.3 Å². The number of benzene rings is 1. The Bertz CT molecular complexity index is 411. The first-order chi connectivity index (χ1) is 9.24. The van der Waals surface area contributed by atoms with Gasteiger partial charge in [-0.15, -0.1) is 0 Å². The second kappa shape index (κ2) is 7.13. The first kappa shape index (κ1) is 14.6. The second-order valence-electron chi connectivity index (χ2n) is 5.02. The van der Waals surface area contributed by atoms with Crippen LogP contribution in [0.4, 0.5) is 0 Å². The Morgan fingerprint density at radius 2 is 2.32 bits per heavy atom. The Hall–Kier alpha value is -0.770. The van der Waals surface area contributed by atoms with Gasteiger partial charge in [-0.25, -0.2) is 0 Å². The minimum atomic E-state index is 0.679. The molecule has 0 aliphatic carbocycles. The molecular weight excluding hydrogens is 260 g/mol. The topological polar surface area (TPSA) is 24.5 Å². The van der Waals surface area contributed by atoms with Gasteiger partial charge >= 0.3 is 0 Å². The van der Waals surface area contributed by atoms with Gasteiger partial charge in [0.05, 0.1) is 12.1 Å². The van der Waals surface area contributed by atoms with Crippen molar-refractivity contribution in [3.8, 4) is 5.75 Å². The number of rotatable bonds is 6. The van der Waals surface area contributed by atoms with Crippen molar-refractivity contribution in [1.29, 1.82) is 0 Å². The molecular formula is C15H23ClN2O. The first-order valence-electron chi connectivity index (χ1n) is 7.01. The van der Waals surface area contributed by atoms with Gasteiger partial charge in [0.1, 0.15) is 5.75 Å². The van der Waals surface area contributed by atoms with Gasteiger partial charge in [0.15, 0.2) is 0 Å². The number of ether oxygens (including phenoxy) is 1. The van der Waals surface area contributed by atoms with Crippen molar-refractivity contribution in [2.75, 3.05) is 26.7 Å². The van der Waals surface area contributed by atoms with E-state index in [1.54, 1.807) is 7.11 Å². The number of hydrogen-bond acceptors (Lipinski definition) is 3. The first-order valence-corrected chi connectivity index (χ1v) is 7.39. The summed E-state index contributed by atoms with van der Waals surface area (Å²) in [5, 5.41) is 4.21. The molecule has 1 unspecified atom stereocenters. The average molecular weight is 283 g/mol. The molecule has 1 aliphatic rings. The van der Waals surface area contributed by atoms with Crippen molar-refractivity contribution in [1.82, 2.24) is 10.2 Å². The molecule has 2 rings (SSSR count). The van der Waals surface area contributed by atoms with Gasteiger partial charge in [-0.05, 0) is 43.6 Å². The lowest BCUT2D eigenvalue weighted by Crippen LogP contribution is -2.37. The van der Waals surface area contributed by atoms with Crippen molar-refractivity contribution < 1.29 is 4.74 Å². The minimum Gasteiger partial charge on any atom is -0.495 e. The molecule has 1 saturated heterocycles. The third kappa shape index (κ3) is 3.85. The molecule has 1 atom stereocenters. The average Bonchev–Trinajstić information content (AvgIpc) is 2.86. The smallest absolute Gasteiger partial charge is 0.137 e. The van der Waals surface area contributed by atoms with E-state index in [9.17, 15) is 0 Å². The molecule has 1 aromatic carbocycles. The maximum atomic E-state index is 6.12. The van der Waals surface area contributed by atoms with Gasteiger partial charge in [-0.3, -0.25) is 4.90 Å². The largest absolute Gasteiger partial charge is 0.495 e. The fourth-order valence-electron chi connectivity index (χ4n) is 2.75. The second-order valence-corrected chi connectivity index (χ2v) is 5.43. The number of hydrogen-bond donors (Lipinski definition) is 1. The standard InChI is InChI=1S/C15H23ClN2O/c1-3-18-8-4-5-13(18)11-17-10-12-6-7-15(19-2)14(16)9-12/h6-7,9,13,17H,3-5,8,10-11H2,1-2H3. The summed E-state index contributed by atoms with van der Waals surface area (Å²) in [7, 11) is 1.64. The van der Waals surface area contributed by atoms with Crippen LogP contribution in [0.5, 0.6) is 5.75 Å². The lowest BCUT2D eigenvalue weighted by atomic mass is 10.2. The number of methoxy groups -OCH3 is 1. The number of halogens is 1. The van der Waals surface area contributed by atoms with Crippen LogP contribution < -0.4 is 10.1 Å². The predicted molar refractivity (Wildman–Crippen MR) is 80.0 cm³/mol. The highest BCUT2D eigenvalue weighted by molar-refractivity contribution is 6.32. The number of likely N-dealkylation sites (tertiary alicyclic amines) is 1. The van der Waals surface area contributed by atoms with E-state index < -0.39 is 0 Å². The number of nitrogens with one attached hydrogen (secondary N) is 1. The van der Waals surface area contributed by atoms with Gasteiger partial charge in [-0.2, -0.15) is 0 Å².